The third-order valence-electron chi connectivity index (χ3n) is 2.84. The van der Waals surface area contributed by atoms with E-state index in [9.17, 15) is 13.2 Å². The number of benzene rings is 1. The van der Waals surface area contributed by atoms with Gasteiger partial charge in [0.2, 0.25) is 0 Å². The van der Waals surface area contributed by atoms with Gasteiger partial charge in [0.15, 0.2) is 9.84 Å². The Balaban J connectivity index is 2.40. The smallest absolute Gasteiger partial charge is 0.336 e. The molecule has 0 unspecified atom stereocenters. The van der Waals surface area contributed by atoms with E-state index in [4.69, 9.17) is 5.11 Å². The topological polar surface area (TPSA) is 102 Å². The summed E-state index contributed by atoms with van der Waals surface area (Å²) in [6, 6.07) is 3.90. The Bertz CT molecular complexity index is 786. The molecule has 0 aliphatic rings. The molecular weight excluding hydrogens is 362 g/mol. The molecule has 0 saturated carbocycles. The second-order valence-corrected chi connectivity index (χ2v) is 7.04. The predicted octanol–water partition coefficient (Wildman–Crippen LogP) is 1.73. The van der Waals surface area contributed by atoms with Crippen molar-refractivity contribution >= 4 is 31.7 Å². The molecule has 21 heavy (non-hydrogen) atoms. The Labute approximate surface area is 129 Å². The summed E-state index contributed by atoms with van der Waals surface area (Å²) in [5.41, 5.74) is -0.104. The number of hydrogen-bond donors (Lipinski definition) is 1. The van der Waals surface area contributed by atoms with Crippen LogP contribution < -0.4 is 0 Å². The molecule has 1 aromatic carbocycles. The first-order valence-electron chi connectivity index (χ1n) is 5.97. The highest BCUT2D eigenvalue weighted by atomic mass is 79.9. The van der Waals surface area contributed by atoms with Crippen molar-refractivity contribution in [1.82, 2.24) is 14.8 Å². The third kappa shape index (κ3) is 3.30. The molecule has 0 bridgehead atoms. The number of carboxylic acid groups (broad SMARTS) is 1. The monoisotopic (exact) mass is 373 g/mol. The van der Waals surface area contributed by atoms with Gasteiger partial charge in [-0.05, 0) is 41.1 Å². The van der Waals surface area contributed by atoms with Crippen LogP contribution in [0.1, 0.15) is 23.1 Å². The largest absolute Gasteiger partial charge is 0.478 e. The minimum Gasteiger partial charge on any atom is -0.478 e. The molecule has 0 aliphatic carbocycles. The first-order valence-corrected chi connectivity index (χ1v) is 8.42. The summed E-state index contributed by atoms with van der Waals surface area (Å²) in [7, 11) is -3.70. The van der Waals surface area contributed by atoms with Gasteiger partial charge in [-0.1, -0.05) is 0 Å². The summed E-state index contributed by atoms with van der Waals surface area (Å²) in [5, 5.41) is 13.0. The molecule has 7 nitrogen and oxygen atoms in total. The summed E-state index contributed by atoms with van der Waals surface area (Å²) in [4.78, 5) is 14.9. The van der Waals surface area contributed by atoms with Crippen LogP contribution in [0, 0.1) is 0 Å². The summed E-state index contributed by atoms with van der Waals surface area (Å²) < 4.78 is 26.5. The van der Waals surface area contributed by atoms with E-state index in [1.165, 1.54) is 23.1 Å². The van der Waals surface area contributed by atoms with Crippen molar-refractivity contribution in [3.05, 3.63) is 40.4 Å². The average molecular weight is 374 g/mol. The Morgan fingerprint density at radius 3 is 2.76 bits per heavy atom. The molecule has 0 radical (unpaired) electrons. The number of sulfone groups is 1. The molecular formula is C12H12BrN3O4S. The van der Waals surface area contributed by atoms with Gasteiger partial charge in [-0.15, -0.1) is 0 Å². The van der Waals surface area contributed by atoms with Crippen molar-refractivity contribution in [1.29, 1.82) is 0 Å². The van der Waals surface area contributed by atoms with Gasteiger partial charge >= 0.3 is 5.97 Å². The van der Waals surface area contributed by atoms with Gasteiger partial charge < -0.3 is 5.11 Å². The highest BCUT2D eigenvalue weighted by Gasteiger charge is 2.21. The van der Waals surface area contributed by atoms with Crippen molar-refractivity contribution in [3.8, 4) is 0 Å². The lowest BCUT2D eigenvalue weighted by Crippen LogP contribution is -2.12. The van der Waals surface area contributed by atoms with Crippen molar-refractivity contribution in [2.75, 3.05) is 0 Å². The van der Waals surface area contributed by atoms with E-state index < -0.39 is 15.8 Å². The van der Waals surface area contributed by atoms with E-state index in [1.807, 2.05) is 6.92 Å². The second kappa shape index (κ2) is 5.94. The summed E-state index contributed by atoms with van der Waals surface area (Å²) in [6.07, 6.45) is 1.29. The van der Waals surface area contributed by atoms with Crippen LogP contribution in [0.3, 0.4) is 0 Å². The average Bonchev–Trinajstić information content (AvgIpc) is 2.85. The Morgan fingerprint density at radius 1 is 1.43 bits per heavy atom. The molecule has 0 aliphatic heterocycles. The van der Waals surface area contributed by atoms with Crippen molar-refractivity contribution in [2.45, 2.75) is 24.1 Å². The highest BCUT2D eigenvalue weighted by Crippen LogP contribution is 2.23. The summed E-state index contributed by atoms with van der Waals surface area (Å²) >= 11 is 3.08. The van der Waals surface area contributed by atoms with Crippen LogP contribution in [0.4, 0.5) is 0 Å². The van der Waals surface area contributed by atoms with Gasteiger partial charge in [0.1, 0.15) is 17.9 Å². The molecule has 2 rings (SSSR count). The minimum atomic E-state index is -3.70. The van der Waals surface area contributed by atoms with E-state index in [-0.39, 0.29) is 16.2 Å². The molecule has 0 atom stereocenters. The van der Waals surface area contributed by atoms with E-state index in [2.05, 4.69) is 26.0 Å². The lowest BCUT2D eigenvalue weighted by Gasteiger charge is -2.07. The first-order chi connectivity index (χ1) is 9.85. The number of aromatic nitrogens is 3. The number of carboxylic acids is 1. The Morgan fingerprint density at radius 2 is 2.14 bits per heavy atom. The maximum atomic E-state index is 12.4. The number of aryl methyl sites for hydroxylation is 1. The molecule has 112 valence electrons. The third-order valence-corrected chi connectivity index (χ3v) is 5.14. The molecule has 0 fully saturated rings. The number of rotatable bonds is 5. The van der Waals surface area contributed by atoms with Crippen molar-refractivity contribution < 1.29 is 18.3 Å². The van der Waals surface area contributed by atoms with E-state index in [0.29, 0.717) is 16.8 Å². The summed E-state index contributed by atoms with van der Waals surface area (Å²) in [6.45, 7) is 2.33. The number of carbonyl (C=O) groups is 1. The lowest BCUT2D eigenvalue weighted by atomic mass is 10.2. The van der Waals surface area contributed by atoms with Crippen LogP contribution in [0.25, 0.3) is 0 Å². The number of aromatic carboxylic acids is 1. The SMILES string of the molecule is CCn1ncnc1CS(=O)(=O)c1ccc(Br)c(C(=O)O)c1. The lowest BCUT2D eigenvalue weighted by molar-refractivity contribution is 0.0695. The zero-order chi connectivity index (χ0) is 15.6. The van der Waals surface area contributed by atoms with Crippen LogP contribution in [0.2, 0.25) is 0 Å². The second-order valence-electron chi connectivity index (χ2n) is 4.20. The maximum Gasteiger partial charge on any atom is 0.336 e. The van der Waals surface area contributed by atoms with E-state index >= 15 is 0 Å². The molecule has 1 N–H and O–H groups in total. The molecule has 1 heterocycles. The van der Waals surface area contributed by atoms with Gasteiger partial charge in [0.25, 0.3) is 0 Å². The van der Waals surface area contributed by atoms with Crippen molar-refractivity contribution in [3.63, 3.8) is 0 Å². The minimum absolute atomic E-state index is 0.0613. The van der Waals surface area contributed by atoms with Crippen LogP contribution in [0.5, 0.6) is 0 Å². The van der Waals surface area contributed by atoms with E-state index in [1.54, 1.807) is 0 Å². The van der Waals surface area contributed by atoms with Crippen LogP contribution in [-0.2, 0) is 22.1 Å². The van der Waals surface area contributed by atoms with Crippen LogP contribution >= 0.6 is 15.9 Å². The Hall–Kier alpha value is -1.74. The zero-order valence-electron chi connectivity index (χ0n) is 11.0. The number of halogens is 1. The molecule has 0 amide bonds. The number of nitrogens with zero attached hydrogens (tertiary/aromatic N) is 3. The summed E-state index contributed by atoms with van der Waals surface area (Å²) in [5.74, 6) is -1.21. The van der Waals surface area contributed by atoms with Gasteiger partial charge in [-0.3, -0.25) is 0 Å². The molecule has 1 aromatic heterocycles. The maximum absolute atomic E-state index is 12.4. The van der Waals surface area contributed by atoms with E-state index in [0.717, 1.165) is 6.07 Å². The molecule has 0 saturated heterocycles. The normalized spacial score (nSPS) is 11.5. The molecule has 0 spiro atoms. The first kappa shape index (κ1) is 15.6. The molecule has 2 aromatic rings. The standard InChI is InChI=1S/C12H12BrN3O4S/c1-2-16-11(14-7-15-16)6-21(19,20)8-3-4-10(13)9(5-8)12(17)18/h3-5,7H,2,6H2,1H3,(H,17,18). The van der Waals surface area contributed by atoms with Crippen molar-refractivity contribution in [2.24, 2.45) is 0 Å². The fourth-order valence-corrected chi connectivity index (χ4v) is 3.50. The van der Waals surface area contributed by atoms with Gasteiger partial charge in [-0.2, -0.15) is 5.10 Å². The van der Waals surface area contributed by atoms with Gasteiger partial charge in [0, 0.05) is 11.0 Å². The van der Waals surface area contributed by atoms with Crippen LogP contribution in [0.15, 0.2) is 33.9 Å². The predicted molar refractivity (Wildman–Crippen MR) is 77.7 cm³/mol. The fraction of sp³-hybridized carbons (Fsp3) is 0.250. The highest BCUT2D eigenvalue weighted by molar-refractivity contribution is 9.10. The van der Waals surface area contributed by atoms with Gasteiger partial charge in [-0.25, -0.2) is 22.9 Å². The molecule has 9 heteroatoms. The quantitative estimate of drug-likeness (QED) is 0.855. The number of hydrogen-bond acceptors (Lipinski definition) is 5. The van der Waals surface area contributed by atoms with Gasteiger partial charge in [0.05, 0.1) is 10.5 Å². The zero-order valence-corrected chi connectivity index (χ0v) is 13.4. The fourth-order valence-electron chi connectivity index (χ4n) is 1.78. The van der Waals surface area contributed by atoms with Crippen LogP contribution in [-0.4, -0.2) is 34.3 Å². The Kier molecular flexibility index (Phi) is 4.43.